The highest BCUT2D eigenvalue weighted by molar-refractivity contribution is 6.40. The number of nitrogens with zero attached hydrogens (tertiary/aromatic N) is 2. The minimum absolute atomic E-state index is 0.0341. The molecule has 0 N–H and O–H groups in total. The van der Waals surface area contributed by atoms with Crippen molar-refractivity contribution >= 4 is 29.2 Å². The van der Waals surface area contributed by atoms with Crippen molar-refractivity contribution in [2.45, 2.75) is 12.9 Å². The van der Waals surface area contributed by atoms with Crippen LogP contribution in [0.1, 0.15) is 15.9 Å². The van der Waals surface area contributed by atoms with E-state index < -0.39 is 17.7 Å². The number of halogens is 5. The molecule has 0 saturated carbocycles. The third kappa shape index (κ3) is 3.68. The zero-order valence-electron chi connectivity index (χ0n) is 10.2. The van der Waals surface area contributed by atoms with E-state index in [1.165, 1.54) is 17.0 Å². The third-order valence-electron chi connectivity index (χ3n) is 2.49. The topological polar surface area (TPSA) is 44.1 Å². The molecule has 0 aliphatic carbocycles. The summed E-state index contributed by atoms with van der Waals surface area (Å²) in [5, 5.41) is 0.0975. The lowest BCUT2D eigenvalue weighted by Crippen LogP contribution is -2.11. The van der Waals surface area contributed by atoms with Gasteiger partial charge in [0.2, 0.25) is 0 Å². The molecule has 1 heterocycles. The number of hydrogen-bond donors (Lipinski definition) is 0. The number of carbonyl (C=O) groups is 1. The van der Waals surface area contributed by atoms with Crippen LogP contribution in [0.5, 0.6) is 0 Å². The maximum atomic E-state index is 12.5. The molecule has 21 heavy (non-hydrogen) atoms. The van der Waals surface area contributed by atoms with Crippen molar-refractivity contribution in [1.82, 2.24) is 9.55 Å². The number of esters is 1. The molecule has 0 spiro atoms. The number of imidazole rings is 1. The Bertz CT molecular complexity index is 671. The highest BCUT2D eigenvalue weighted by Crippen LogP contribution is 2.29. The van der Waals surface area contributed by atoms with Gasteiger partial charge in [0.1, 0.15) is 6.33 Å². The Morgan fingerprint density at radius 2 is 2.05 bits per heavy atom. The van der Waals surface area contributed by atoms with Gasteiger partial charge in [0.05, 0.1) is 11.1 Å². The molecule has 112 valence electrons. The Hall–Kier alpha value is -1.73. The van der Waals surface area contributed by atoms with Gasteiger partial charge in [-0.25, -0.2) is 9.78 Å². The molecule has 1 aromatic carbocycles. The molecule has 0 fully saturated rings. The van der Waals surface area contributed by atoms with E-state index in [0.717, 1.165) is 12.1 Å². The smallest absolute Gasteiger partial charge is 0.416 e. The molecule has 9 heteroatoms. The zero-order chi connectivity index (χ0) is 15.6. The molecule has 0 radical (unpaired) electrons. The fraction of sp³-hybridized carbons (Fsp3) is 0.167. The van der Waals surface area contributed by atoms with Gasteiger partial charge >= 0.3 is 12.1 Å². The van der Waals surface area contributed by atoms with Crippen LogP contribution in [0.25, 0.3) is 0 Å². The minimum Gasteiger partial charge on any atom is -0.440 e. The number of benzene rings is 1. The Kier molecular flexibility index (Phi) is 4.43. The van der Waals surface area contributed by atoms with E-state index in [4.69, 9.17) is 27.9 Å². The van der Waals surface area contributed by atoms with Crippen molar-refractivity contribution in [3.8, 4) is 0 Å². The molecule has 0 aliphatic rings. The first-order valence-corrected chi connectivity index (χ1v) is 6.25. The van der Waals surface area contributed by atoms with E-state index in [1.807, 2.05) is 0 Å². The molecule has 0 saturated heterocycles. The minimum atomic E-state index is -4.53. The monoisotopic (exact) mass is 338 g/mol. The average Bonchev–Trinajstić information content (AvgIpc) is 2.75. The van der Waals surface area contributed by atoms with Crippen LogP contribution in [0.15, 0.2) is 30.6 Å². The highest BCUT2D eigenvalue weighted by Gasteiger charge is 2.31. The van der Waals surface area contributed by atoms with Gasteiger partial charge in [-0.1, -0.05) is 29.3 Å². The summed E-state index contributed by atoms with van der Waals surface area (Å²) in [6, 6.07) is 3.93. The number of hydrogen-bond acceptors (Lipinski definition) is 3. The second kappa shape index (κ2) is 5.95. The quantitative estimate of drug-likeness (QED) is 0.794. The molecule has 0 aliphatic heterocycles. The van der Waals surface area contributed by atoms with Crippen LogP contribution >= 0.6 is 23.2 Å². The van der Waals surface area contributed by atoms with Gasteiger partial charge in [-0.3, -0.25) is 4.57 Å². The lowest BCUT2D eigenvalue weighted by Gasteiger charge is -2.09. The van der Waals surface area contributed by atoms with Crippen molar-refractivity contribution in [3.63, 3.8) is 0 Å². The Morgan fingerprint density at radius 3 is 2.62 bits per heavy atom. The van der Waals surface area contributed by atoms with Gasteiger partial charge in [-0.2, -0.15) is 13.2 Å². The van der Waals surface area contributed by atoms with Crippen molar-refractivity contribution in [2.24, 2.45) is 0 Å². The first kappa shape index (κ1) is 15.7. The molecular formula is C12H7Cl2F3N2O2. The Labute approximate surface area is 127 Å². The van der Waals surface area contributed by atoms with Gasteiger partial charge in [-0.15, -0.1) is 0 Å². The van der Waals surface area contributed by atoms with Gasteiger partial charge in [0, 0.05) is 0 Å². The number of aromatic nitrogens is 2. The molecule has 2 aromatic rings. The van der Waals surface area contributed by atoms with E-state index in [0.29, 0.717) is 6.07 Å². The van der Waals surface area contributed by atoms with Crippen LogP contribution < -0.4 is 0 Å². The summed E-state index contributed by atoms with van der Waals surface area (Å²) in [5.41, 5.74) is -1.15. The molecule has 0 amide bonds. The van der Waals surface area contributed by atoms with Gasteiger partial charge < -0.3 is 4.74 Å². The standard InChI is InChI=1S/C12H7Cl2F3N2O2/c13-9-10(14)19(5-18-9)6-21-11(20)7-2-1-3-8(4-7)12(15,16)17/h1-5H,6H2. The van der Waals surface area contributed by atoms with Crippen LogP contribution in [0.3, 0.4) is 0 Å². The first-order chi connectivity index (χ1) is 9.79. The largest absolute Gasteiger partial charge is 0.440 e. The molecule has 2 rings (SSSR count). The van der Waals surface area contributed by atoms with Gasteiger partial charge in [0.25, 0.3) is 0 Å². The normalized spacial score (nSPS) is 11.5. The molecule has 1 aromatic heterocycles. The predicted octanol–water partition coefficient (Wildman–Crippen LogP) is 4.02. The summed E-state index contributed by atoms with van der Waals surface area (Å²) in [5.74, 6) is -0.915. The molecule has 0 unspecified atom stereocenters. The molecule has 0 bridgehead atoms. The van der Waals surface area contributed by atoms with E-state index >= 15 is 0 Å². The fourth-order valence-electron chi connectivity index (χ4n) is 1.47. The predicted molar refractivity (Wildman–Crippen MR) is 69.1 cm³/mol. The van der Waals surface area contributed by atoms with Crippen molar-refractivity contribution in [3.05, 3.63) is 52.0 Å². The lowest BCUT2D eigenvalue weighted by molar-refractivity contribution is -0.137. The Morgan fingerprint density at radius 1 is 1.33 bits per heavy atom. The number of alkyl halides is 3. The SMILES string of the molecule is O=C(OCn1cnc(Cl)c1Cl)c1cccc(C(F)(F)F)c1. The van der Waals surface area contributed by atoms with E-state index in [9.17, 15) is 18.0 Å². The van der Waals surface area contributed by atoms with Crippen LogP contribution in [-0.2, 0) is 17.6 Å². The second-order valence-corrected chi connectivity index (χ2v) is 4.65. The van der Waals surface area contributed by atoms with Crippen molar-refractivity contribution in [1.29, 1.82) is 0 Å². The summed E-state index contributed by atoms with van der Waals surface area (Å²) in [4.78, 5) is 15.4. The second-order valence-electron chi connectivity index (χ2n) is 3.94. The van der Waals surface area contributed by atoms with Crippen LogP contribution in [0.4, 0.5) is 13.2 Å². The van der Waals surface area contributed by atoms with Crippen molar-refractivity contribution < 1.29 is 22.7 Å². The summed E-state index contributed by atoms with van der Waals surface area (Å²) in [6.07, 6.45) is -3.29. The molecule has 0 atom stereocenters. The highest BCUT2D eigenvalue weighted by atomic mass is 35.5. The van der Waals surface area contributed by atoms with Gasteiger partial charge in [-0.05, 0) is 18.2 Å². The molecule has 4 nitrogen and oxygen atoms in total. The maximum absolute atomic E-state index is 12.5. The van der Waals surface area contributed by atoms with E-state index in [2.05, 4.69) is 4.98 Å². The maximum Gasteiger partial charge on any atom is 0.416 e. The summed E-state index contributed by atoms with van der Waals surface area (Å²) >= 11 is 11.4. The van der Waals surface area contributed by atoms with Crippen molar-refractivity contribution in [2.75, 3.05) is 0 Å². The fourth-order valence-corrected chi connectivity index (χ4v) is 1.76. The zero-order valence-corrected chi connectivity index (χ0v) is 11.7. The van der Waals surface area contributed by atoms with E-state index in [-0.39, 0.29) is 22.6 Å². The average molecular weight is 339 g/mol. The summed E-state index contributed by atoms with van der Waals surface area (Å²) < 4.78 is 43.7. The first-order valence-electron chi connectivity index (χ1n) is 5.49. The third-order valence-corrected chi connectivity index (χ3v) is 3.26. The number of carbonyl (C=O) groups excluding carboxylic acids is 1. The van der Waals surface area contributed by atoms with Gasteiger partial charge in [0.15, 0.2) is 17.0 Å². The van der Waals surface area contributed by atoms with Crippen LogP contribution in [-0.4, -0.2) is 15.5 Å². The summed E-state index contributed by atoms with van der Waals surface area (Å²) in [6.45, 7) is -0.312. The van der Waals surface area contributed by atoms with Crippen LogP contribution in [0, 0.1) is 0 Å². The lowest BCUT2D eigenvalue weighted by atomic mass is 10.1. The van der Waals surface area contributed by atoms with E-state index in [1.54, 1.807) is 0 Å². The summed E-state index contributed by atoms with van der Waals surface area (Å²) in [7, 11) is 0. The Balaban J connectivity index is 2.09. The number of ether oxygens (including phenoxy) is 1. The number of rotatable bonds is 3. The van der Waals surface area contributed by atoms with Crippen LogP contribution in [0.2, 0.25) is 10.3 Å². The molecular weight excluding hydrogens is 332 g/mol.